The first-order valence-corrected chi connectivity index (χ1v) is 13.1. The monoisotopic (exact) mass is 498 g/mol. The van der Waals surface area contributed by atoms with Crippen molar-refractivity contribution in [1.29, 1.82) is 0 Å². The number of aromatic nitrogens is 4. The van der Waals surface area contributed by atoms with Crippen LogP contribution in [0.3, 0.4) is 0 Å². The van der Waals surface area contributed by atoms with Gasteiger partial charge in [-0.1, -0.05) is 109 Å². The van der Waals surface area contributed by atoms with Gasteiger partial charge in [0.25, 0.3) is 0 Å². The predicted octanol–water partition coefficient (Wildman–Crippen LogP) is 8.56. The van der Waals surface area contributed by atoms with E-state index in [-0.39, 0.29) is 0 Å². The largest absolute Gasteiger partial charge is 0.262 e. The minimum atomic E-state index is 0.612. The van der Waals surface area contributed by atoms with E-state index in [9.17, 15) is 0 Å². The first-order chi connectivity index (χ1) is 19.3. The van der Waals surface area contributed by atoms with E-state index in [0.29, 0.717) is 5.95 Å². The normalized spacial score (nSPS) is 11.6. The fourth-order valence-corrected chi connectivity index (χ4v) is 5.53. The lowest BCUT2D eigenvalue weighted by Crippen LogP contribution is -2.08. The van der Waals surface area contributed by atoms with Gasteiger partial charge < -0.3 is 0 Å². The van der Waals surface area contributed by atoms with Gasteiger partial charge >= 0.3 is 0 Å². The smallest absolute Gasteiger partial charge is 0.237 e. The van der Waals surface area contributed by atoms with Crippen LogP contribution in [0, 0.1) is 0 Å². The third-order valence-electron chi connectivity index (χ3n) is 7.41. The molecular weight excluding hydrogens is 476 g/mol. The van der Waals surface area contributed by atoms with Crippen LogP contribution >= 0.6 is 0 Å². The molecule has 39 heavy (non-hydrogen) atoms. The molecule has 1 aromatic heterocycles. The summed E-state index contributed by atoms with van der Waals surface area (Å²) >= 11 is 0. The molecule has 182 valence electrons. The summed E-state index contributed by atoms with van der Waals surface area (Å²) < 4.78 is 2.11. The van der Waals surface area contributed by atoms with Crippen LogP contribution < -0.4 is 0 Å². The van der Waals surface area contributed by atoms with Crippen molar-refractivity contribution in [3.8, 4) is 39.7 Å². The highest BCUT2D eigenvalue weighted by Crippen LogP contribution is 2.37. The van der Waals surface area contributed by atoms with Crippen molar-refractivity contribution in [3.05, 3.63) is 133 Å². The van der Waals surface area contributed by atoms with Gasteiger partial charge in [0.2, 0.25) is 5.95 Å². The van der Waals surface area contributed by atoms with Crippen LogP contribution in [0.25, 0.3) is 72.4 Å². The van der Waals surface area contributed by atoms with Gasteiger partial charge in [0.05, 0.1) is 22.2 Å². The first kappa shape index (κ1) is 21.7. The molecule has 0 aliphatic carbocycles. The van der Waals surface area contributed by atoms with E-state index in [1.54, 1.807) is 0 Å². The number of benzene rings is 5. The third kappa shape index (κ3) is 3.50. The van der Waals surface area contributed by atoms with E-state index in [1.807, 2.05) is 24.3 Å². The minimum absolute atomic E-state index is 0.612. The number of hydrogen-bond donors (Lipinski definition) is 0. The molecule has 0 bridgehead atoms. The summed E-state index contributed by atoms with van der Waals surface area (Å²) in [6, 6.07) is 46.2. The molecule has 0 saturated carbocycles. The summed E-state index contributed by atoms with van der Waals surface area (Å²) in [6.07, 6.45) is 0. The predicted molar refractivity (Wildman–Crippen MR) is 159 cm³/mol. The van der Waals surface area contributed by atoms with Crippen molar-refractivity contribution >= 4 is 32.7 Å². The summed E-state index contributed by atoms with van der Waals surface area (Å²) in [7, 11) is 0. The maximum absolute atomic E-state index is 5.23. The average Bonchev–Trinajstić information content (AvgIpc) is 3.38. The molecule has 3 heterocycles. The number of hydrogen-bond acceptors (Lipinski definition) is 3. The number of fused-ring (bicyclic) bond motifs is 5. The molecule has 0 unspecified atom stereocenters. The Morgan fingerprint density at radius 3 is 1.90 bits per heavy atom. The molecule has 4 nitrogen and oxygen atoms in total. The Morgan fingerprint density at radius 2 is 1.08 bits per heavy atom. The number of pyridine rings is 1. The quantitative estimate of drug-likeness (QED) is 0.245. The lowest BCUT2D eigenvalue weighted by Gasteiger charge is -2.17. The summed E-state index contributed by atoms with van der Waals surface area (Å²) in [4.78, 5) is 15.4. The highest BCUT2D eigenvalue weighted by atomic mass is 15.2. The van der Waals surface area contributed by atoms with Crippen LogP contribution in [-0.4, -0.2) is 19.5 Å². The zero-order chi connectivity index (χ0) is 25.8. The molecular formula is C35H22N4. The maximum Gasteiger partial charge on any atom is 0.237 e. The number of nitrogens with zero attached hydrogens (tertiary/aromatic N) is 4. The van der Waals surface area contributed by atoms with E-state index < -0.39 is 0 Å². The summed E-state index contributed by atoms with van der Waals surface area (Å²) in [5, 5.41) is 3.27. The van der Waals surface area contributed by atoms with Crippen LogP contribution in [0.15, 0.2) is 133 Å². The maximum atomic E-state index is 5.23. The molecule has 0 saturated heterocycles. The van der Waals surface area contributed by atoms with Gasteiger partial charge in [-0.3, -0.25) is 4.57 Å². The molecule has 0 spiro atoms. The van der Waals surface area contributed by atoms with Crippen LogP contribution in [0.2, 0.25) is 0 Å². The van der Waals surface area contributed by atoms with Gasteiger partial charge in [0, 0.05) is 21.9 Å². The van der Waals surface area contributed by atoms with Crippen molar-refractivity contribution in [3.63, 3.8) is 0 Å². The molecule has 0 atom stereocenters. The van der Waals surface area contributed by atoms with E-state index in [4.69, 9.17) is 15.0 Å². The Kier molecular flexibility index (Phi) is 4.79. The molecule has 0 amide bonds. The fourth-order valence-electron chi connectivity index (χ4n) is 5.53. The second-order valence-corrected chi connectivity index (χ2v) is 9.74. The van der Waals surface area contributed by atoms with E-state index in [2.05, 4.69) is 114 Å². The lowest BCUT2D eigenvalue weighted by atomic mass is 10.0. The van der Waals surface area contributed by atoms with Crippen molar-refractivity contribution in [2.75, 3.05) is 0 Å². The molecule has 2 aliphatic heterocycles. The van der Waals surface area contributed by atoms with Gasteiger partial charge in [-0.15, -0.1) is 0 Å². The van der Waals surface area contributed by atoms with E-state index in [1.165, 1.54) is 11.1 Å². The molecule has 2 aliphatic rings. The van der Waals surface area contributed by atoms with Crippen LogP contribution in [0.4, 0.5) is 0 Å². The Morgan fingerprint density at radius 1 is 0.462 bits per heavy atom. The highest BCUT2D eigenvalue weighted by Gasteiger charge is 2.21. The standard InChI is InChI=1S/C35H22N4/c1-2-10-23(11-3-1)24-18-20-25(21-19-24)33-28-14-6-8-16-31(28)37-35(38-33)39-32-17-9-4-12-26(32)22-29-27-13-5-7-15-30(27)36-34(29)39/h1-22H. The van der Waals surface area contributed by atoms with Gasteiger partial charge in [-0.2, -0.15) is 0 Å². The van der Waals surface area contributed by atoms with Gasteiger partial charge in [-0.25, -0.2) is 15.0 Å². The highest BCUT2D eigenvalue weighted by molar-refractivity contribution is 6.02. The Bertz CT molecular complexity index is 2110. The number of rotatable bonds is 3. The van der Waals surface area contributed by atoms with Crippen molar-refractivity contribution < 1.29 is 0 Å². The van der Waals surface area contributed by atoms with Crippen molar-refractivity contribution in [2.24, 2.45) is 0 Å². The van der Waals surface area contributed by atoms with E-state index in [0.717, 1.165) is 55.4 Å². The second-order valence-electron chi connectivity index (χ2n) is 9.74. The van der Waals surface area contributed by atoms with Crippen LogP contribution in [-0.2, 0) is 0 Å². The molecule has 4 heteroatoms. The SMILES string of the molecule is c1ccc(-c2ccc(-c3nc(-n4c5nc6ccccc6c-5cc5ccccc54)nc4ccccc34)cc2)cc1. The molecule has 0 radical (unpaired) electrons. The molecule has 6 aromatic rings. The minimum Gasteiger partial charge on any atom is -0.262 e. The van der Waals surface area contributed by atoms with Gasteiger partial charge in [0.15, 0.2) is 0 Å². The first-order valence-electron chi connectivity index (χ1n) is 13.1. The van der Waals surface area contributed by atoms with Crippen molar-refractivity contribution in [1.82, 2.24) is 19.5 Å². The summed E-state index contributed by atoms with van der Waals surface area (Å²) in [5.74, 6) is 1.47. The topological polar surface area (TPSA) is 43.6 Å². The summed E-state index contributed by atoms with van der Waals surface area (Å²) in [6.45, 7) is 0. The van der Waals surface area contributed by atoms with E-state index >= 15 is 0 Å². The van der Waals surface area contributed by atoms with Gasteiger partial charge in [-0.05, 0) is 40.8 Å². The number of para-hydroxylation sites is 3. The van der Waals surface area contributed by atoms with Gasteiger partial charge in [0.1, 0.15) is 5.82 Å². The lowest BCUT2D eigenvalue weighted by molar-refractivity contribution is 0.961. The zero-order valence-corrected chi connectivity index (χ0v) is 21.0. The van der Waals surface area contributed by atoms with Crippen LogP contribution in [0.1, 0.15) is 0 Å². The zero-order valence-electron chi connectivity index (χ0n) is 21.0. The average molecular weight is 499 g/mol. The molecule has 0 N–H and O–H groups in total. The van der Waals surface area contributed by atoms with Crippen LogP contribution in [0.5, 0.6) is 0 Å². The second kappa shape index (κ2) is 8.61. The molecule has 5 aromatic carbocycles. The Hall–Kier alpha value is -5.35. The molecule has 8 rings (SSSR count). The van der Waals surface area contributed by atoms with Crippen molar-refractivity contribution in [2.45, 2.75) is 0 Å². The Labute approximate surface area is 225 Å². The third-order valence-corrected chi connectivity index (χ3v) is 7.41. The fraction of sp³-hybridized carbons (Fsp3) is 0. The summed E-state index contributed by atoms with van der Waals surface area (Å²) in [5.41, 5.74) is 8.30. The molecule has 0 fully saturated rings. The Balaban J connectivity index is 1.40.